The molecule has 0 rings (SSSR count). The van der Waals surface area contributed by atoms with Crippen LogP contribution in [-0.4, -0.2) is 11.5 Å². The van der Waals surface area contributed by atoms with E-state index in [1.54, 1.807) is 0 Å². The second-order valence-electron chi connectivity index (χ2n) is 3.85. The largest absolute Gasteiger partial charge is 0.162 e. The van der Waals surface area contributed by atoms with Gasteiger partial charge in [0.15, 0.2) is 0 Å². The molecule has 0 N–H and O–H groups in total. The van der Waals surface area contributed by atoms with Crippen LogP contribution in [0.4, 0.5) is 0 Å². The van der Waals surface area contributed by atoms with Crippen molar-refractivity contribution >= 4 is 11.8 Å². The fourth-order valence-corrected chi connectivity index (χ4v) is 2.55. The molecule has 0 fully saturated rings. The van der Waals surface area contributed by atoms with Gasteiger partial charge in [-0.1, -0.05) is 38.3 Å². The average molecular weight is 214 g/mol. The van der Waals surface area contributed by atoms with Crippen LogP contribution in [0.25, 0.3) is 0 Å². The van der Waals surface area contributed by atoms with Gasteiger partial charge in [-0.15, -0.1) is 0 Å². The molecule has 0 aliphatic carbocycles. The maximum Gasteiger partial charge on any atom is 0.00441 e. The Bertz CT molecular complexity index is 129. The Labute approximate surface area is 94.6 Å². The molecule has 0 aliphatic rings. The number of thioether (sulfide) groups is 1. The lowest BCUT2D eigenvalue weighted by atomic mass is 10.1. The van der Waals surface area contributed by atoms with E-state index in [1.807, 2.05) is 11.8 Å². The molecule has 0 aromatic rings. The molecule has 0 bridgehead atoms. The molecule has 0 aliphatic heterocycles. The monoisotopic (exact) mass is 214 g/mol. The van der Waals surface area contributed by atoms with Crippen molar-refractivity contribution in [2.75, 3.05) is 6.26 Å². The summed E-state index contributed by atoms with van der Waals surface area (Å²) in [5.74, 6) is 0. The van der Waals surface area contributed by atoms with E-state index in [4.69, 9.17) is 0 Å². The normalized spacial score (nSPS) is 13.6. The van der Waals surface area contributed by atoms with Crippen LogP contribution in [0.2, 0.25) is 0 Å². The van der Waals surface area contributed by atoms with Gasteiger partial charge in [0.1, 0.15) is 0 Å². The average Bonchev–Trinajstić information content (AvgIpc) is 2.21. The molecule has 0 spiro atoms. The molecule has 1 atom stereocenters. The zero-order valence-corrected chi connectivity index (χ0v) is 10.9. The Morgan fingerprint density at radius 1 is 1.14 bits per heavy atom. The standard InChI is InChI=1S/C13H26S/c1-4-6-7-8-9-10-12-13(14-3)11-5-2/h4,6,13H,5,7-12H2,1-3H3/b6-4+. The summed E-state index contributed by atoms with van der Waals surface area (Å²) in [5.41, 5.74) is 0. The summed E-state index contributed by atoms with van der Waals surface area (Å²) >= 11 is 2.05. The van der Waals surface area contributed by atoms with Crippen molar-refractivity contribution in [2.24, 2.45) is 0 Å². The van der Waals surface area contributed by atoms with Gasteiger partial charge in [-0.3, -0.25) is 0 Å². The first kappa shape index (κ1) is 14.1. The third-order valence-corrected chi connectivity index (χ3v) is 3.71. The molecular weight excluding hydrogens is 188 g/mol. The summed E-state index contributed by atoms with van der Waals surface area (Å²) in [7, 11) is 0. The molecule has 1 heteroatoms. The second kappa shape index (κ2) is 11.2. The number of allylic oxidation sites excluding steroid dienone is 2. The van der Waals surface area contributed by atoms with E-state index in [-0.39, 0.29) is 0 Å². The Morgan fingerprint density at radius 3 is 2.50 bits per heavy atom. The molecular formula is C13H26S. The molecule has 0 saturated carbocycles. The predicted octanol–water partition coefficient (Wildman–Crippen LogP) is 5.04. The first-order valence-electron chi connectivity index (χ1n) is 5.99. The highest BCUT2D eigenvalue weighted by molar-refractivity contribution is 7.99. The number of hydrogen-bond donors (Lipinski definition) is 0. The SMILES string of the molecule is C/C=C/CCCCCC(CCC)SC. The van der Waals surface area contributed by atoms with Gasteiger partial charge in [0.05, 0.1) is 0 Å². The lowest BCUT2D eigenvalue weighted by molar-refractivity contribution is 0.603. The lowest BCUT2D eigenvalue weighted by Gasteiger charge is -2.12. The summed E-state index contributed by atoms with van der Waals surface area (Å²) in [4.78, 5) is 0. The molecule has 0 aromatic heterocycles. The minimum Gasteiger partial charge on any atom is -0.162 e. The van der Waals surface area contributed by atoms with Gasteiger partial charge in [-0.05, 0) is 38.9 Å². The van der Waals surface area contributed by atoms with Crippen LogP contribution in [-0.2, 0) is 0 Å². The molecule has 0 aromatic carbocycles. The van der Waals surface area contributed by atoms with Gasteiger partial charge in [0, 0.05) is 5.25 Å². The molecule has 0 saturated heterocycles. The Hall–Kier alpha value is 0.0900. The fraction of sp³-hybridized carbons (Fsp3) is 0.846. The summed E-state index contributed by atoms with van der Waals surface area (Å²) in [6, 6.07) is 0. The maximum atomic E-state index is 2.29. The first-order chi connectivity index (χ1) is 6.85. The van der Waals surface area contributed by atoms with Crippen molar-refractivity contribution in [2.45, 2.75) is 64.0 Å². The van der Waals surface area contributed by atoms with Crippen LogP contribution in [0.1, 0.15) is 58.8 Å². The van der Waals surface area contributed by atoms with Crippen molar-refractivity contribution in [1.82, 2.24) is 0 Å². The van der Waals surface area contributed by atoms with Crippen molar-refractivity contribution in [3.8, 4) is 0 Å². The molecule has 0 nitrogen and oxygen atoms in total. The molecule has 0 heterocycles. The minimum absolute atomic E-state index is 0.918. The molecule has 14 heavy (non-hydrogen) atoms. The predicted molar refractivity (Wildman–Crippen MR) is 70.1 cm³/mol. The highest BCUT2D eigenvalue weighted by Crippen LogP contribution is 2.20. The van der Waals surface area contributed by atoms with E-state index in [1.165, 1.54) is 44.9 Å². The van der Waals surface area contributed by atoms with Gasteiger partial charge >= 0.3 is 0 Å². The highest BCUT2D eigenvalue weighted by atomic mass is 32.2. The van der Waals surface area contributed by atoms with Crippen LogP contribution < -0.4 is 0 Å². The van der Waals surface area contributed by atoms with E-state index in [0.717, 1.165) is 5.25 Å². The van der Waals surface area contributed by atoms with Crippen LogP contribution in [0, 0.1) is 0 Å². The van der Waals surface area contributed by atoms with Crippen molar-refractivity contribution < 1.29 is 0 Å². The Morgan fingerprint density at radius 2 is 1.93 bits per heavy atom. The third kappa shape index (κ3) is 8.68. The highest BCUT2D eigenvalue weighted by Gasteiger charge is 2.04. The first-order valence-corrected chi connectivity index (χ1v) is 7.27. The van der Waals surface area contributed by atoms with Gasteiger partial charge < -0.3 is 0 Å². The van der Waals surface area contributed by atoms with Gasteiger partial charge in [-0.25, -0.2) is 0 Å². The Balaban J connectivity index is 3.23. The Kier molecular flexibility index (Phi) is 11.2. The summed E-state index contributed by atoms with van der Waals surface area (Å²) in [6.07, 6.45) is 16.3. The van der Waals surface area contributed by atoms with E-state index < -0.39 is 0 Å². The van der Waals surface area contributed by atoms with E-state index in [9.17, 15) is 0 Å². The van der Waals surface area contributed by atoms with Gasteiger partial charge in [0.25, 0.3) is 0 Å². The van der Waals surface area contributed by atoms with Crippen LogP contribution in [0.5, 0.6) is 0 Å². The van der Waals surface area contributed by atoms with Crippen LogP contribution in [0.3, 0.4) is 0 Å². The molecule has 0 radical (unpaired) electrons. The van der Waals surface area contributed by atoms with Crippen LogP contribution in [0.15, 0.2) is 12.2 Å². The summed E-state index contributed by atoms with van der Waals surface area (Å²) < 4.78 is 0. The fourth-order valence-electron chi connectivity index (χ4n) is 1.68. The zero-order chi connectivity index (χ0) is 10.6. The lowest BCUT2D eigenvalue weighted by Crippen LogP contribution is -2.00. The number of hydrogen-bond acceptors (Lipinski definition) is 1. The van der Waals surface area contributed by atoms with Crippen molar-refractivity contribution in [3.05, 3.63) is 12.2 Å². The number of unbranched alkanes of at least 4 members (excludes halogenated alkanes) is 3. The van der Waals surface area contributed by atoms with Gasteiger partial charge in [0.2, 0.25) is 0 Å². The second-order valence-corrected chi connectivity index (χ2v) is 4.99. The van der Waals surface area contributed by atoms with E-state index in [2.05, 4.69) is 32.3 Å². The minimum atomic E-state index is 0.918. The molecule has 84 valence electrons. The summed E-state index contributed by atoms with van der Waals surface area (Å²) in [6.45, 7) is 4.39. The van der Waals surface area contributed by atoms with E-state index >= 15 is 0 Å². The zero-order valence-electron chi connectivity index (χ0n) is 10.1. The molecule has 1 unspecified atom stereocenters. The maximum absolute atomic E-state index is 2.29. The smallest absolute Gasteiger partial charge is 0.00441 e. The third-order valence-electron chi connectivity index (χ3n) is 2.58. The topological polar surface area (TPSA) is 0 Å². The summed E-state index contributed by atoms with van der Waals surface area (Å²) in [5, 5.41) is 0.918. The quantitative estimate of drug-likeness (QED) is 0.382. The molecule has 0 amide bonds. The van der Waals surface area contributed by atoms with Gasteiger partial charge in [-0.2, -0.15) is 11.8 Å². The van der Waals surface area contributed by atoms with Crippen molar-refractivity contribution in [1.29, 1.82) is 0 Å². The number of rotatable bonds is 9. The van der Waals surface area contributed by atoms with E-state index in [0.29, 0.717) is 0 Å². The van der Waals surface area contributed by atoms with Crippen molar-refractivity contribution in [3.63, 3.8) is 0 Å². The van der Waals surface area contributed by atoms with Crippen LogP contribution >= 0.6 is 11.8 Å².